The van der Waals surface area contributed by atoms with Crippen LogP contribution in [0, 0.1) is 6.92 Å². The Bertz CT molecular complexity index is 566. The van der Waals surface area contributed by atoms with Crippen molar-refractivity contribution in [3.63, 3.8) is 0 Å². The topological polar surface area (TPSA) is 79.8 Å². The molecule has 0 aliphatic rings. The van der Waals surface area contributed by atoms with Crippen molar-refractivity contribution >= 4 is 23.1 Å². The first-order valence-electron chi connectivity index (χ1n) is 6.46. The molecule has 0 bridgehead atoms. The van der Waals surface area contributed by atoms with Gasteiger partial charge in [0.05, 0.1) is 5.01 Å². The highest BCUT2D eigenvalue weighted by atomic mass is 32.1. The van der Waals surface area contributed by atoms with E-state index < -0.39 is 0 Å². The van der Waals surface area contributed by atoms with E-state index in [9.17, 15) is 4.79 Å². The van der Waals surface area contributed by atoms with Gasteiger partial charge in [-0.1, -0.05) is 0 Å². The second kappa shape index (κ2) is 6.95. The van der Waals surface area contributed by atoms with Crippen molar-refractivity contribution in [1.29, 1.82) is 0 Å². The Kier molecular flexibility index (Phi) is 5.00. The molecule has 6 nitrogen and oxygen atoms in total. The van der Waals surface area contributed by atoms with Gasteiger partial charge < -0.3 is 10.6 Å². The number of thiazole rings is 1. The highest BCUT2D eigenvalue weighted by molar-refractivity contribution is 7.09. The number of carbonyl (C=O) groups is 1. The van der Waals surface area contributed by atoms with E-state index in [0.29, 0.717) is 18.1 Å². The average molecular weight is 291 g/mol. The predicted octanol–water partition coefficient (Wildman–Crippen LogP) is 1.65. The lowest BCUT2D eigenvalue weighted by atomic mass is 10.3. The van der Waals surface area contributed by atoms with Crippen molar-refractivity contribution in [2.24, 2.45) is 0 Å². The highest BCUT2D eigenvalue weighted by Crippen LogP contribution is 2.09. The molecule has 0 radical (unpaired) electrons. The summed E-state index contributed by atoms with van der Waals surface area (Å²) in [5.41, 5.74) is 1.38. The van der Waals surface area contributed by atoms with Crippen LogP contribution in [0.25, 0.3) is 0 Å². The van der Waals surface area contributed by atoms with Crippen molar-refractivity contribution in [1.82, 2.24) is 20.5 Å². The van der Waals surface area contributed by atoms with E-state index in [0.717, 1.165) is 23.7 Å². The lowest BCUT2D eigenvalue weighted by Crippen LogP contribution is -2.24. The number of carbonyl (C=O) groups excluding carboxylic acids is 1. The summed E-state index contributed by atoms with van der Waals surface area (Å²) in [5, 5.41) is 16.8. The highest BCUT2D eigenvalue weighted by Gasteiger charge is 2.06. The van der Waals surface area contributed by atoms with E-state index in [2.05, 4.69) is 25.8 Å². The second-order valence-electron chi connectivity index (χ2n) is 4.22. The minimum Gasteiger partial charge on any atom is -0.368 e. The lowest BCUT2D eigenvalue weighted by molar-refractivity contribution is 0.0950. The normalized spacial score (nSPS) is 10.3. The van der Waals surface area contributed by atoms with Crippen LogP contribution < -0.4 is 10.6 Å². The van der Waals surface area contributed by atoms with Crippen LogP contribution in [0.4, 0.5) is 5.82 Å². The van der Waals surface area contributed by atoms with Gasteiger partial charge in [0, 0.05) is 30.6 Å². The molecule has 2 heterocycles. The van der Waals surface area contributed by atoms with E-state index in [1.54, 1.807) is 23.5 Å². The van der Waals surface area contributed by atoms with Crippen LogP contribution in [0.5, 0.6) is 0 Å². The molecule has 0 aromatic carbocycles. The molecule has 0 aliphatic heterocycles. The van der Waals surface area contributed by atoms with Crippen LogP contribution in [-0.4, -0.2) is 34.2 Å². The zero-order chi connectivity index (χ0) is 14.4. The summed E-state index contributed by atoms with van der Waals surface area (Å²) in [5.74, 6) is 0.455. The molecule has 0 spiro atoms. The average Bonchev–Trinajstić information content (AvgIpc) is 2.85. The van der Waals surface area contributed by atoms with Gasteiger partial charge in [0.1, 0.15) is 5.82 Å². The van der Waals surface area contributed by atoms with E-state index in [4.69, 9.17) is 0 Å². The van der Waals surface area contributed by atoms with Gasteiger partial charge in [-0.2, -0.15) is 0 Å². The number of rotatable bonds is 6. The van der Waals surface area contributed by atoms with Crippen LogP contribution >= 0.6 is 11.3 Å². The summed E-state index contributed by atoms with van der Waals surface area (Å²) in [4.78, 5) is 15.9. The van der Waals surface area contributed by atoms with Gasteiger partial charge in [-0.15, -0.1) is 21.5 Å². The fourth-order valence-electron chi connectivity index (χ4n) is 1.61. The number of hydrogen-bond acceptors (Lipinski definition) is 6. The number of anilines is 1. The zero-order valence-corrected chi connectivity index (χ0v) is 12.3. The quantitative estimate of drug-likeness (QED) is 0.846. The van der Waals surface area contributed by atoms with Gasteiger partial charge in [0.15, 0.2) is 5.69 Å². The molecule has 0 atom stereocenters. The van der Waals surface area contributed by atoms with Crippen LogP contribution in [0.15, 0.2) is 17.5 Å². The Morgan fingerprint density at radius 3 is 2.80 bits per heavy atom. The van der Waals surface area contributed by atoms with Gasteiger partial charge in [-0.25, -0.2) is 4.98 Å². The van der Waals surface area contributed by atoms with Gasteiger partial charge in [0.25, 0.3) is 5.91 Å². The second-order valence-corrected chi connectivity index (χ2v) is 5.17. The van der Waals surface area contributed by atoms with Gasteiger partial charge in [-0.05, 0) is 26.0 Å². The summed E-state index contributed by atoms with van der Waals surface area (Å²) in [6.07, 6.45) is 0.845. The minimum atomic E-state index is -0.204. The molecular weight excluding hydrogens is 274 g/mol. The maximum absolute atomic E-state index is 11.5. The SMILES string of the molecule is CCNC(=O)c1ccc(NCCc2nc(C)cs2)nn1. The summed E-state index contributed by atoms with van der Waals surface area (Å²) in [6, 6.07) is 3.42. The van der Waals surface area contributed by atoms with Crippen molar-refractivity contribution in [3.05, 3.63) is 33.9 Å². The summed E-state index contributed by atoms with van der Waals surface area (Å²) in [7, 11) is 0. The van der Waals surface area contributed by atoms with Crippen LogP contribution in [0.3, 0.4) is 0 Å². The van der Waals surface area contributed by atoms with E-state index >= 15 is 0 Å². The number of aryl methyl sites for hydroxylation is 1. The van der Waals surface area contributed by atoms with E-state index in [1.165, 1.54) is 0 Å². The molecule has 0 unspecified atom stereocenters. The molecule has 20 heavy (non-hydrogen) atoms. The summed E-state index contributed by atoms with van der Waals surface area (Å²) < 4.78 is 0. The maximum atomic E-state index is 11.5. The number of nitrogens with zero attached hydrogens (tertiary/aromatic N) is 3. The number of nitrogens with one attached hydrogen (secondary N) is 2. The summed E-state index contributed by atoms with van der Waals surface area (Å²) in [6.45, 7) is 5.16. The molecule has 2 aromatic heterocycles. The Morgan fingerprint density at radius 1 is 1.35 bits per heavy atom. The number of hydrogen-bond donors (Lipinski definition) is 2. The zero-order valence-electron chi connectivity index (χ0n) is 11.5. The molecule has 0 saturated carbocycles. The standard InChI is InChI=1S/C13H17N5OS/c1-3-14-13(19)10-4-5-11(18-17-10)15-7-6-12-16-9(2)8-20-12/h4-5,8H,3,6-7H2,1-2H3,(H,14,19)(H,15,18). The van der Waals surface area contributed by atoms with Crippen molar-refractivity contribution in [2.45, 2.75) is 20.3 Å². The molecule has 0 fully saturated rings. The smallest absolute Gasteiger partial charge is 0.271 e. The Morgan fingerprint density at radius 2 is 2.20 bits per heavy atom. The molecule has 0 aliphatic carbocycles. The third-order valence-corrected chi connectivity index (χ3v) is 3.57. The third-order valence-electron chi connectivity index (χ3n) is 2.55. The van der Waals surface area contributed by atoms with E-state index in [-0.39, 0.29) is 5.91 Å². The molecule has 1 amide bonds. The van der Waals surface area contributed by atoms with Gasteiger partial charge in [0.2, 0.25) is 0 Å². The van der Waals surface area contributed by atoms with Crippen molar-refractivity contribution in [3.8, 4) is 0 Å². The van der Waals surface area contributed by atoms with E-state index in [1.807, 2.05) is 19.2 Å². The van der Waals surface area contributed by atoms with Crippen molar-refractivity contribution < 1.29 is 4.79 Å². The molecule has 2 rings (SSSR count). The van der Waals surface area contributed by atoms with Crippen LogP contribution in [-0.2, 0) is 6.42 Å². The molecule has 106 valence electrons. The lowest BCUT2D eigenvalue weighted by Gasteiger charge is -2.04. The first-order valence-corrected chi connectivity index (χ1v) is 7.34. The number of aromatic nitrogens is 3. The molecule has 7 heteroatoms. The monoisotopic (exact) mass is 291 g/mol. The van der Waals surface area contributed by atoms with Gasteiger partial charge in [-0.3, -0.25) is 4.79 Å². The largest absolute Gasteiger partial charge is 0.368 e. The fraction of sp³-hybridized carbons (Fsp3) is 0.385. The third kappa shape index (κ3) is 3.99. The molecule has 0 saturated heterocycles. The maximum Gasteiger partial charge on any atom is 0.271 e. The first-order chi connectivity index (χ1) is 9.69. The molecule has 2 N–H and O–H groups in total. The summed E-state index contributed by atoms with van der Waals surface area (Å²) >= 11 is 1.66. The first kappa shape index (κ1) is 14.4. The van der Waals surface area contributed by atoms with Crippen LogP contribution in [0.1, 0.15) is 28.1 Å². The van der Waals surface area contributed by atoms with Crippen molar-refractivity contribution in [2.75, 3.05) is 18.4 Å². The minimum absolute atomic E-state index is 0.204. The Labute approximate surface area is 121 Å². The Balaban J connectivity index is 1.83. The fourth-order valence-corrected chi connectivity index (χ4v) is 2.39. The Hall–Kier alpha value is -2.02. The van der Waals surface area contributed by atoms with Crippen LogP contribution in [0.2, 0.25) is 0 Å². The number of amides is 1. The van der Waals surface area contributed by atoms with Gasteiger partial charge >= 0.3 is 0 Å². The molecule has 2 aromatic rings. The molecular formula is C13H17N5OS. The predicted molar refractivity (Wildman–Crippen MR) is 79.1 cm³/mol.